The summed E-state index contributed by atoms with van der Waals surface area (Å²) in [5.41, 5.74) is 5.94. The van der Waals surface area contributed by atoms with Gasteiger partial charge in [-0.25, -0.2) is 4.39 Å². The Morgan fingerprint density at radius 2 is 2.28 bits per heavy atom. The van der Waals surface area contributed by atoms with Crippen LogP contribution in [0.4, 0.5) is 10.1 Å². The highest BCUT2D eigenvalue weighted by molar-refractivity contribution is 5.94. The molecule has 18 heavy (non-hydrogen) atoms. The molecule has 0 aromatic heterocycles. The summed E-state index contributed by atoms with van der Waals surface area (Å²) >= 11 is 0. The monoisotopic (exact) mass is 245 g/mol. The Kier molecular flexibility index (Phi) is 3.40. The lowest BCUT2D eigenvalue weighted by molar-refractivity contribution is -0.118. The van der Waals surface area contributed by atoms with E-state index in [1.165, 1.54) is 12.1 Å². The standard InChI is InChI=1S/C13H12FN3O/c14-11-5-8(7-15)1-4-12(11)17-13(18)9-2-3-10(16)6-9/h1-5,9-10H,6,16H2,(H,17,18). The smallest absolute Gasteiger partial charge is 0.231 e. The first-order valence-corrected chi connectivity index (χ1v) is 5.54. The molecule has 4 nitrogen and oxygen atoms in total. The van der Waals surface area contributed by atoms with Gasteiger partial charge in [-0.3, -0.25) is 4.79 Å². The van der Waals surface area contributed by atoms with Crippen molar-refractivity contribution in [3.05, 3.63) is 41.7 Å². The molecule has 1 aliphatic rings. The molecule has 1 aromatic rings. The van der Waals surface area contributed by atoms with Crippen molar-refractivity contribution in [3.63, 3.8) is 0 Å². The number of amides is 1. The van der Waals surface area contributed by atoms with E-state index >= 15 is 0 Å². The van der Waals surface area contributed by atoms with Gasteiger partial charge >= 0.3 is 0 Å². The molecule has 0 spiro atoms. The summed E-state index contributed by atoms with van der Waals surface area (Å²) in [5, 5.41) is 11.1. The van der Waals surface area contributed by atoms with Crippen LogP contribution >= 0.6 is 0 Å². The van der Waals surface area contributed by atoms with Gasteiger partial charge in [0.1, 0.15) is 5.82 Å². The van der Waals surface area contributed by atoms with Gasteiger partial charge in [0.25, 0.3) is 0 Å². The third-order valence-corrected chi connectivity index (χ3v) is 2.81. The van der Waals surface area contributed by atoms with Crippen molar-refractivity contribution in [2.45, 2.75) is 12.5 Å². The van der Waals surface area contributed by atoms with Crippen LogP contribution < -0.4 is 11.1 Å². The Balaban J connectivity index is 2.08. The Bertz CT molecular complexity index is 548. The summed E-state index contributed by atoms with van der Waals surface area (Å²) in [4.78, 5) is 11.8. The van der Waals surface area contributed by atoms with Gasteiger partial charge in [0.15, 0.2) is 0 Å². The van der Waals surface area contributed by atoms with E-state index in [0.29, 0.717) is 6.42 Å². The fraction of sp³-hybridized carbons (Fsp3) is 0.231. The molecule has 0 bridgehead atoms. The summed E-state index contributed by atoms with van der Waals surface area (Å²) in [5.74, 6) is -1.23. The van der Waals surface area contributed by atoms with Crippen LogP contribution in [0, 0.1) is 23.1 Å². The maximum Gasteiger partial charge on any atom is 0.231 e. The van der Waals surface area contributed by atoms with Gasteiger partial charge in [-0.1, -0.05) is 12.2 Å². The largest absolute Gasteiger partial charge is 0.324 e. The number of carbonyl (C=O) groups is 1. The van der Waals surface area contributed by atoms with E-state index in [4.69, 9.17) is 11.0 Å². The van der Waals surface area contributed by atoms with Gasteiger partial charge < -0.3 is 11.1 Å². The van der Waals surface area contributed by atoms with Gasteiger partial charge in [0.2, 0.25) is 5.91 Å². The van der Waals surface area contributed by atoms with Crippen molar-refractivity contribution in [1.82, 2.24) is 0 Å². The van der Waals surface area contributed by atoms with Gasteiger partial charge in [-0.2, -0.15) is 5.26 Å². The average molecular weight is 245 g/mol. The van der Waals surface area contributed by atoms with Crippen LogP contribution in [0.25, 0.3) is 0 Å². The summed E-state index contributed by atoms with van der Waals surface area (Å²) in [7, 11) is 0. The van der Waals surface area contributed by atoms with Crippen LogP contribution in [-0.2, 0) is 4.79 Å². The number of carbonyl (C=O) groups excluding carboxylic acids is 1. The number of halogens is 1. The highest BCUT2D eigenvalue weighted by atomic mass is 19.1. The summed E-state index contributed by atoms with van der Waals surface area (Å²) in [6, 6.07) is 5.63. The Labute approximate surface area is 104 Å². The number of nitrogens with two attached hydrogens (primary N) is 1. The minimum atomic E-state index is -0.617. The molecule has 0 radical (unpaired) electrons. The first kappa shape index (κ1) is 12.3. The molecule has 1 aliphatic carbocycles. The zero-order valence-corrected chi connectivity index (χ0v) is 9.56. The molecule has 0 saturated carbocycles. The fourth-order valence-electron chi connectivity index (χ4n) is 1.83. The predicted octanol–water partition coefficient (Wildman–Crippen LogP) is 1.54. The normalized spacial score (nSPS) is 21.6. The number of benzene rings is 1. The van der Waals surface area contributed by atoms with Crippen molar-refractivity contribution in [2.75, 3.05) is 5.32 Å². The van der Waals surface area contributed by atoms with Crippen LogP contribution in [0.15, 0.2) is 30.4 Å². The molecule has 2 rings (SSSR count). The molecule has 0 saturated heterocycles. The van der Waals surface area contributed by atoms with Crippen LogP contribution in [0.1, 0.15) is 12.0 Å². The van der Waals surface area contributed by atoms with Crippen molar-refractivity contribution < 1.29 is 9.18 Å². The predicted molar refractivity (Wildman–Crippen MR) is 65.0 cm³/mol. The van der Waals surface area contributed by atoms with Crippen LogP contribution in [0.2, 0.25) is 0 Å². The van der Waals surface area contributed by atoms with E-state index < -0.39 is 5.82 Å². The number of anilines is 1. The van der Waals surface area contributed by atoms with Crippen LogP contribution in [0.5, 0.6) is 0 Å². The minimum Gasteiger partial charge on any atom is -0.324 e. The Hall–Kier alpha value is -2.19. The first-order valence-electron chi connectivity index (χ1n) is 5.54. The topological polar surface area (TPSA) is 78.9 Å². The molecule has 92 valence electrons. The van der Waals surface area contributed by atoms with Crippen LogP contribution in [0.3, 0.4) is 0 Å². The number of rotatable bonds is 2. The second-order valence-electron chi connectivity index (χ2n) is 4.19. The maximum absolute atomic E-state index is 13.6. The number of nitriles is 1. The van der Waals surface area contributed by atoms with Crippen molar-refractivity contribution in [2.24, 2.45) is 11.7 Å². The lowest BCUT2D eigenvalue weighted by Crippen LogP contribution is -2.24. The molecule has 1 amide bonds. The van der Waals surface area contributed by atoms with Gasteiger partial charge in [0.05, 0.1) is 23.2 Å². The summed E-state index contributed by atoms with van der Waals surface area (Å²) < 4.78 is 13.6. The van der Waals surface area contributed by atoms with Crippen LogP contribution in [-0.4, -0.2) is 11.9 Å². The van der Waals surface area contributed by atoms with Gasteiger partial charge in [0, 0.05) is 6.04 Å². The molecular weight excluding hydrogens is 233 g/mol. The maximum atomic E-state index is 13.6. The Morgan fingerprint density at radius 1 is 1.50 bits per heavy atom. The highest BCUT2D eigenvalue weighted by Crippen LogP contribution is 2.21. The average Bonchev–Trinajstić information content (AvgIpc) is 2.78. The summed E-state index contributed by atoms with van der Waals surface area (Å²) in [6.45, 7) is 0. The molecule has 0 heterocycles. The second kappa shape index (κ2) is 4.98. The number of nitrogens with zero attached hydrogens (tertiary/aromatic N) is 1. The van der Waals surface area contributed by atoms with E-state index in [1.54, 1.807) is 12.2 Å². The SMILES string of the molecule is N#Cc1ccc(NC(=O)C2C=CC(N)C2)c(F)c1. The zero-order chi connectivity index (χ0) is 13.1. The lowest BCUT2D eigenvalue weighted by Gasteiger charge is -2.11. The minimum absolute atomic E-state index is 0.0767. The Morgan fingerprint density at radius 3 is 2.83 bits per heavy atom. The van der Waals surface area contributed by atoms with E-state index in [2.05, 4.69) is 5.32 Å². The molecule has 2 unspecified atom stereocenters. The second-order valence-corrected chi connectivity index (χ2v) is 4.19. The molecule has 1 aromatic carbocycles. The quantitative estimate of drug-likeness (QED) is 0.776. The lowest BCUT2D eigenvalue weighted by atomic mass is 10.1. The van der Waals surface area contributed by atoms with Crippen molar-refractivity contribution >= 4 is 11.6 Å². The van der Waals surface area contributed by atoms with Crippen molar-refractivity contribution in [1.29, 1.82) is 5.26 Å². The van der Waals surface area contributed by atoms with E-state index in [0.717, 1.165) is 6.07 Å². The molecule has 0 fully saturated rings. The zero-order valence-electron chi connectivity index (χ0n) is 9.56. The van der Waals surface area contributed by atoms with E-state index in [-0.39, 0.29) is 29.1 Å². The third kappa shape index (κ3) is 2.55. The van der Waals surface area contributed by atoms with Gasteiger partial charge in [-0.05, 0) is 24.6 Å². The van der Waals surface area contributed by atoms with Gasteiger partial charge in [-0.15, -0.1) is 0 Å². The molecule has 0 aliphatic heterocycles. The molecular formula is C13H12FN3O. The summed E-state index contributed by atoms with van der Waals surface area (Å²) in [6.07, 6.45) is 4.02. The number of nitrogens with one attached hydrogen (secondary N) is 1. The van der Waals surface area contributed by atoms with E-state index in [1.807, 2.05) is 6.07 Å². The number of hydrogen-bond acceptors (Lipinski definition) is 3. The van der Waals surface area contributed by atoms with Crippen molar-refractivity contribution in [3.8, 4) is 6.07 Å². The fourth-order valence-corrected chi connectivity index (χ4v) is 1.83. The van der Waals surface area contributed by atoms with E-state index in [9.17, 15) is 9.18 Å². The third-order valence-electron chi connectivity index (χ3n) is 2.81. The number of hydrogen-bond donors (Lipinski definition) is 2. The first-order chi connectivity index (χ1) is 8.60. The molecule has 5 heteroatoms. The highest BCUT2D eigenvalue weighted by Gasteiger charge is 2.23. The molecule has 3 N–H and O–H groups in total. The molecule has 2 atom stereocenters.